The molecule has 0 fully saturated rings. The molecule has 0 aliphatic carbocycles. The summed E-state index contributed by atoms with van der Waals surface area (Å²) in [4.78, 5) is 25.2. The van der Waals surface area contributed by atoms with Gasteiger partial charge in [0.15, 0.2) is 6.10 Å². The molecule has 0 heterocycles. The van der Waals surface area contributed by atoms with Crippen LogP contribution in [0.15, 0.2) is 12.2 Å². The molecule has 0 spiro atoms. The highest BCUT2D eigenvalue weighted by molar-refractivity contribution is 5.70. The highest BCUT2D eigenvalue weighted by Crippen LogP contribution is 2.16. The standard InChI is InChI=1S/C51H98O5/c1-4-7-10-13-16-18-20-22-24-26-27-29-31-33-36-38-41-44-50(52)55-48-49(56-51(53)45-42-39-35-15-12-9-6-3)47-54-46-43-40-37-34-32-30-28-25-23-21-19-17-14-11-8-5-2/h22,24,49H,4-21,23,25-48H2,1-3H3/b24-22-. The van der Waals surface area contributed by atoms with Crippen LogP contribution in [0, 0.1) is 0 Å². The van der Waals surface area contributed by atoms with Gasteiger partial charge >= 0.3 is 11.9 Å². The lowest BCUT2D eigenvalue weighted by molar-refractivity contribution is -0.163. The van der Waals surface area contributed by atoms with E-state index in [0.717, 1.165) is 32.1 Å². The van der Waals surface area contributed by atoms with Crippen LogP contribution in [0.25, 0.3) is 0 Å². The van der Waals surface area contributed by atoms with E-state index in [4.69, 9.17) is 14.2 Å². The van der Waals surface area contributed by atoms with Crippen molar-refractivity contribution in [3.63, 3.8) is 0 Å². The average molecular weight is 791 g/mol. The minimum Gasteiger partial charge on any atom is -0.462 e. The Bertz CT molecular complexity index is 810. The summed E-state index contributed by atoms with van der Waals surface area (Å²) in [5.74, 6) is -0.390. The molecule has 0 aliphatic heterocycles. The molecule has 0 rings (SSSR count). The van der Waals surface area contributed by atoms with E-state index >= 15 is 0 Å². The molecule has 0 saturated carbocycles. The lowest BCUT2D eigenvalue weighted by Crippen LogP contribution is -2.30. The Morgan fingerprint density at radius 3 is 1.09 bits per heavy atom. The van der Waals surface area contributed by atoms with E-state index < -0.39 is 6.10 Å². The van der Waals surface area contributed by atoms with Gasteiger partial charge < -0.3 is 14.2 Å². The monoisotopic (exact) mass is 791 g/mol. The maximum absolute atomic E-state index is 12.6. The Kier molecular flexibility index (Phi) is 46.8. The van der Waals surface area contributed by atoms with E-state index in [1.54, 1.807) is 0 Å². The highest BCUT2D eigenvalue weighted by atomic mass is 16.6. The van der Waals surface area contributed by atoms with Crippen molar-refractivity contribution in [3.8, 4) is 0 Å². The Balaban J connectivity index is 4.07. The molecule has 1 unspecified atom stereocenters. The van der Waals surface area contributed by atoms with Crippen molar-refractivity contribution >= 4 is 11.9 Å². The summed E-state index contributed by atoms with van der Waals surface area (Å²) in [6, 6.07) is 0. The third-order valence-corrected chi connectivity index (χ3v) is 11.3. The summed E-state index contributed by atoms with van der Waals surface area (Å²) in [6.07, 6.45) is 53.7. The Labute approximate surface area is 350 Å². The van der Waals surface area contributed by atoms with Gasteiger partial charge in [0.2, 0.25) is 0 Å². The summed E-state index contributed by atoms with van der Waals surface area (Å²) in [6.45, 7) is 7.84. The van der Waals surface area contributed by atoms with Gasteiger partial charge in [-0.05, 0) is 44.9 Å². The maximum atomic E-state index is 12.6. The molecule has 5 nitrogen and oxygen atoms in total. The second-order valence-electron chi connectivity index (χ2n) is 17.1. The summed E-state index contributed by atoms with van der Waals surface area (Å²) < 4.78 is 17.3. The van der Waals surface area contributed by atoms with Crippen molar-refractivity contribution in [2.75, 3.05) is 19.8 Å². The van der Waals surface area contributed by atoms with E-state index in [2.05, 4.69) is 32.9 Å². The number of carbonyl (C=O) groups excluding carboxylic acids is 2. The molecule has 56 heavy (non-hydrogen) atoms. The molecular weight excluding hydrogens is 693 g/mol. The number of rotatable bonds is 47. The lowest BCUT2D eigenvalue weighted by atomic mass is 10.0. The van der Waals surface area contributed by atoms with Crippen molar-refractivity contribution < 1.29 is 23.8 Å². The number of allylic oxidation sites excluding steroid dienone is 2. The molecule has 0 radical (unpaired) electrons. The van der Waals surface area contributed by atoms with Gasteiger partial charge in [-0.25, -0.2) is 0 Å². The van der Waals surface area contributed by atoms with Crippen molar-refractivity contribution in [2.24, 2.45) is 0 Å². The SMILES string of the molecule is CCCCCCCC/C=C\CCCCCCCCCC(=O)OCC(COCCCCCCCCCCCCCCCCCC)OC(=O)CCCCCCCCC. The van der Waals surface area contributed by atoms with Crippen LogP contribution in [-0.2, 0) is 23.8 Å². The molecule has 0 bridgehead atoms. The van der Waals surface area contributed by atoms with Gasteiger partial charge in [-0.15, -0.1) is 0 Å². The molecule has 0 aromatic rings. The average Bonchev–Trinajstić information content (AvgIpc) is 3.20. The summed E-state index contributed by atoms with van der Waals surface area (Å²) in [5, 5.41) is 0. The summed E-state index contributed by atoms with van der Waals surface area (Å²) >= 11 is 0. The molecular formula is C51H98O5. The molecule has 1 atom stereocenters. The van der Waals surface area contributed by atoms with E-state index in [9.17, 15) is 9.59 Å². The van der Waals surface area contributed by atoms with Crippen LogP contribution in [0.2, 0.25) is 0 Å². The molecule has 332 valence electrons. The van der Waals surface area contributed by atoms with Crippen LogP contribution in [-0.4, -0.2) is 37.9 Å². The Morgan fingerprint density at radius 1 is 0.375 bits per heavy atom. The molecule has 5 heteroatoms. The van der Waals surface area contributed by atoms with Crippen molar-refractivity contribution in [3.05, 3.63) is 12.2 Å². The molecule has 0 N–H and O–H groups in total. The second-order valence-corrected chi connectivity index (χ2v) is 17.1. The molecule has 0 amide bonds. The zero-order valence-electron chi connectivity index (χ0n) is 38.2. The van der Waals surface area contributed by atoms with Crippen molar-refractivity contribution in [1.82, 2.24) is 0 Å². The molecule has 0 aromatic carbocycles. The van der Waals surface area contributed by atoms with Gasteiger partial charge in [-0.3, -0.25) is 9.59 Å². The predicted molar refractivity (Wildman–Crippen MR) is 242 cm³/mol. The van der Waals surface area contributed by atoms with Gasteiger partial charge in [-0.1, -0.05) is 232 Å². The minimum atomic E-state index is -0.526. The highest BCUT2D eigenvalue weighted by Gasteiger charge is 2.17. The topological polar surface area (TPSA) is 61.8 Å². The van der Waals surface area contributed by atoms with Crippen LogP contribution in [0.1, 0.15) is 278 Å². The number of esters is 2. The maximum Gasteiger partial charge on any atom is 0.306 e. The molecule has 0 aliphatic rings. The first kappa shape index (κ1) is 54.6. The van der Waals surface area contributed by atoms with Crippen molar-refractivity contribution in [1.29, 1.82) is 0 Å². The number of carbonyl (C=O) groups is 2. The molecule has 0 aromatic heterocycles. The number of ether oxygens (including phenoxy) is 3. The molecule has 0 saturated heterocycles. The van der Waals surface area contributed by atoms with E-state index in [1.807, 2.05) is 0 Å². The van der Waals surface area contributed by atoms with Gasteiger partial charge in [0.1, 0.15) is 6.61 Å². The zero-order valence-corrected chi connectivity index (χ0v) is 38.2. The van der Waals surface area contributed by atoms with Crippen LogP contribution in [0.5, 0.6) is 0 Å². The zero-order chi connectivity index (χ0) is 40.7. The third-order valence-electron chi connectivity index (χ3n) is 11.3. The second kappa shape index (κ2) is 48.0. The predicted octanol–water partition coefficient (Wildman–Crippen LogP) is 16.7. The van der Waals surface area contributed by atoms with Crippen LogP contribution in [0.4, 0.5) is 0 Å². The Morgan fingerprint density at radius 2 is 0.696 bits per heavy atom. The largest absolute Gasteiger partial charge is 0.462 e. The quantitative estimate of drug-likeness (QED) is 0.0349. The fourth-order valence-corrected chi connectivity index (χ4v) is 7.51. The normalized spacial score (nSPS) is 12.1. The van der Waals surface area contributed by atoms with Crippen LogP contribution >= 0.6 is 0 Å². The first-order valence-corrected chi connectivity index (χ1v) is 25.2. The smallest absolute Gasteiger partial charge is 0.306 e. The van der Waals surface area contributed by atoms with Crippen LogP contribution < -0.4 is 0 Å². The fourth-order valence-electron chi connectivity index (χ4n) is 7.51. The lowest BCUT2D eigenvalue weighted by Gasteiger charge is -2.18. The van der Waals surface area contributed by atoms with E-state index in [0.29, 0.717) is 26.1 Å². The minimum absolute atomic E-state index is 0.0912. The van der Waals surface area contributed by atoms with Gasteiger partial charge in [0.05, 0.1) is 6.61 Å². The Hall–Kier alpha value is -1.36. The van der Waals surface area contributed by atoms with Gasteiger partial charge in [0.25, 0.3) is 0 Å². The number of hydrogen-bond acceptors (Lipinski definition) is 5. The number of unbranched alkanes of at least 4 members (excludes halogenated alkanes) is 34. The van der Waals surface area contributed by atoms with Gasteiger partial charge in [0, 0.05) is 19.4 Å². The van der Waals surface area contributed by atoms with E-state index in [1.165, 1.54) is 212 Å². The summed E-state index contributed by atoms with van der Waals surface area (Å²) in [5.41, 5.74) is 0. The van der Waals surface area contributed by atoms with Crippen LogP contribution in [0.3, 0.4) is 0 Å². The fraction of sp³-hybridized carbons (Fsp3) is 0.922. The first-order valence-electron chi connectivity index (χ1n) is 25.2. The third kappa shape index (κ3) is 45.3. The van der Waals surface area contributed by atoms with Gasteiger partial charge in [-0.2, -0.15) is 0 Å². The number of hydrogen-bond donors (Lipinski definition) is 0. The first-order chi connectivity index (χ1) is 27.6. The van der Waals surface area contributed by atoms with E-state index in [-0.39, 0.29) is 18.5 Å². The van der Waals surface area contributed by atoms with Crippen molar-refractivity contribution in [2.45, 2.75) is 284 Å². The summed E-state index contributed by atoms with van der Waals surface area (Å²) in [7, 11) is 0.